The summed E-state index contributed by atoms with van der Waals surface area (Å²) in [5, 5.41) is 2.79. The minimum Gasteiger partial charge on any atom is -0.440 e. The zero-order valence-corrected chi connectivity index (χ0v) is 10.6. The maximum Gasteiger partial charge on any atom is 0.287 e. The van der Waals surface area contributed by atoms with Gasteiger partial charge in [0.05, 0.1) is 11.5 Å². The highest BCUT2D eigenvalue weighted by Gasteiger charge is 2.28. The lowest BCUT2D eigenvalue weighted by Crippen LogP contribution is -2.29. The van der Waals surface area contributed by atoms with E-state index in [-0.39, 0.29) is 34.3 Å². The van der Waals surface area contributed by atoms with Gasteiger partial charge in [0, 0.05) is 6.54 Å². The topological polar surface area (TPSA) is 76.4 Å². The number of nitrogens with one attached hydrogen (secondary N) is 1. The molecule has 94 valence electrons. The molecule has 0 bridgehead atoms. The molecule has 7 heteroatoms. The normalized spacial score (nSPS) is 22.5. The van der Waals surface area contributed by atoms with E-state index in [4.69, 9.17) is 16.0 Å². The third-order valence-electron chi connectivity index (χ3n) is 2.68. The number of sulfone groups is 1. The Morgan fingerprint density at radius 1 is 1.53 bits per heavy atom. The predicted octanol–water partition coefficient (Wildman–Crippen LogP) is 1.10. The summed E-state index contributed by atoms with van der Waals surface area (Å²) in [7, 11) is -2.90. The van der Waals surface area contributed by atoms with Gasteiger partial charge in [0.15, 0.2) is 20.8 Å². The fourth-order valence-corrected chi connectivity index (χ4v) is 3.80. The molecule has 0 aliphatic carbocycles. The number of hydrogen-bond acceptors (Lipinski definition) is 4. The Morgan fingerprint density at radius 2 is 2.29 bits per heavy atom. The Bertz CT molecular complexity index is 522. The Labute approximate surface area is 104 Å². The van der Waals surface area contributed by atoms with E-state index < -0.39 is 9.84 Å². The highest BCUT2D eigenvalue weighted by molar-refractivity contribution is 7.91. The predicted molar refractivity (Wildman–Crippen MR) is 62.8 cm³/mol. The second kappa shape index (κ2) is 4.70. The van der Waals surface area contributed by atoms with E-state index in [1.54, 1.807) is 0 Å². The third kappa shape index (κ3) is 3.23. The van der Waals surface area contributed by atoms with Crippen LogP contribution in [0, 0.1) is 5.92 Å². The molecule has 1 aromatic heterocycles. The zero-order valence-electron chi connectivity index (χ0n) is 8.98. The van der Waals surface area contributed by atoms with Crippen LogP contribution in [0.1, 0.15) is 17.0 Å². The Hall–Kier alpha value is -1.01. The van der Waals surface area contributed by atoms with Crippen molar-refractivity contribution in [3.63, 3.8) is 0 Å². The lowest BCUT2D eigenvalue weighted by atomic mass is 10.1. The number of hydrogen-bond donors (Lipinski definition) is 1. The lowest BCUT2D eigenvalue weighted by molar-refractivity contribution is 0.0921. The summed E-state index contributed by atoms with van der Waals surface area (Å²) >= 11 is 5.54. The van der Waals surface area contributed by atoms with Gasteiger partial charge in [0.2, 0.25) is 0 Å². The van der Waals surface area contributed by atoms with Crippen LogP contribution >= 0.6 is 11.6 Å². The van der Waals surface area contributed by atoms with E-state index in [2.05, 4.69) is 5.32 Å². The van der Waals surface area contributed by atoms with Gasteiger partial charge >= 0.3 is 0 Å². The Morgan fingerprint density at radius 3 is 2.82 bits per heavy atom. The maximum absolute atomic E-state index is 11.6. The molecule has 1 atom stereocenters. The summed E-state index contributed by atoms with van der Waals surface area (Å²) in [6, 6.07) is 2.96. The number of rotatable bonds is 3. The van der Waals surface area contributed by atoms with Gasteiger partial charge in [-0.2, -0.15) is 0 Å². The van der Waals surface area contributed by atoms with Gasteiger partial charge in [-0.3, -0.25) is 4.79 Å². The molecule has 0 spiro atoms. The van der Waals surface area contributed by atoms with Crippen molar-refractivity contribution in [2.24, 2.45) is 5.92 Å². The molecule has 5 nitrogen and oxygen atoms in total. The van der Waals surface area contributed by atoms with Crippen LogP contribution in [0.3, 0.4) is 0 Å². The molecule has 0 unspecified atom stereocenters. The van der Waals surface area contributed by atoms with Crippen molar-refractivity contribution in [3.8, 4) is 0 Å². The van der Waals surface area contributed by atoms with Crippen LogP contribution in [0.15, 0.2) is 16.5 Å². The van der Waals surface area contributed by atoms with Crippen molar-refractivity contribution in [2.75, 3.05) is 18.1 Å². The average Bonchev–Trinajstić information content (AvgIpc) is 2.81. The molecule has 0 radical (unpaired) electrons. The van der Waals surface area contributed by atoms with Crippen LogP contribution in [0.4, 0.5) is 0 Å². The molecule has 1 aliphatic heterocycles. The minimum atomic E-state index is -2.90. The second-order valence-electron chi connectivity index (χ2n) is 4.08. The zero-order chi connectivity index (χ0) is 12.5. The largest absolute Gasteiger partial charge is 0.440 e. The lowest BCUT2D eigenvalue weighted by Gasteiger charge is -2.07. The number of amides is 1. The molecule has 2 rings (SSSR count). The minimum absolute atomic E-state index is 0.00520. The molecule has 1 aliphatic rings. The van der Waals surface area contributed by atoms with Crippen LogP contribution in [0.25, 0.3) is 0 Å². The van der Waals surface area contributed by atoms with Crippen molar-refractivity contribution in [3.05, 3.63) is 23.1 Å². The highest BCUT2D eigenvalue weighted by atomic mass is 35.5. The summed E-state index contributed by atoms with van der Waals surface area (Å²) in [5.74, 6) is 0.109. The number of halogens is 1. The molecular weight excluding hydrogens is 266 g/mol. The number of carbonyl (C=O) groups excluding carboxylic acids is 1. The highest BCUT2D eigenvalue weighted by Crippen LogP contribution is 2.18. The maximum atomic E-state index is 11.6. The van der Waals surface area contributed by atoms with Crippen LogP contribution in [0.2, 0.25) is 5.22 Å². The SMILES string of the molecule is O=C(NC[C@H]1CCS(=O)(=O)C1)c1ccc(Cl)o1. The molecule has 1 fully saturated rings. The molecular formula is C10H12ClNO4S. The monoisotopic (exact) mass is 277 g/mol. The first kappa shape index (κ1) is 12.4. The van der Waals surface area contributed by atoms with Crippen LogP contribution in [-0.2, 0) is 9.84 Å². The van der Waals surface area contributed by atoms with E-state index in [1.807, 2.05) is 0 Å². The van der Waals surface area contributed by atoms with E-state index in [9.17, 15) is 13.2 Å². The third-order valence-corrected chi connectivity index (χ3v) is 4.72. The molecule has 0 saturated carbocycles. The Kier molecular flexibility index (Phi) is 3.44. The molecule has 1 amide bonds. The van der Waals surface area contributed by atoms with Gasteiger partial charge in [-0.05, 0) is 36.1 Å². The first-order valence-electron chi connectivity index (χ1n) is 5.20. The quantitative estimate of drug-likeness (QED) is 0.897. The first-order valence-corrected chi connectivity index (χ1v) is 7.40. The molecule has 1 N–H and O–H groups in total. The number of carbonyl (C=O) groups is 1. The molecule has 2 heterocycles. The van der Waals surface area contributed by atoms with Crippen molar-refractivity contribution in [2.45, 2.75) is 6.42 Å². The average molecular weight is 278 g/mol. The van der Waals surface area contributed by atoms with E-state index in [1.165, 1.54) is 12.1 Å². The van der Waals surface area contributed by atoms with Crippen molar-refractivity contribution in [1.82, 2.24) is 5.32 Å². The van der Waals surface area contributed by atoms with Crippen molar-refractivity contribution in [1.29, 1.82) is 0 Å². The smallest absolute Gasteiger partial charge is 0.287 e. The van der Waals surface area contributed by atoms with E-state index in [0.29, 0.717) is 13.0 Å². The summed E-state index contributed by atoms with van der Waals surface area (Å²) in [5.41, 5.74) is 0. The van der Waals surface area contributed by atoms with E-state index >= 15 is 0 Å². The molecule has 1 saturated heterocycles. The summed E-state index contributed by atoms with van der Waals surface area (Å²) in [4.78, 5) is 11.6. The Balaban J connectivity index is 1.85. The fraction of sp³-hybridized carbons (Fsp3) is 0.500. The fourth-order valence-electron chi connectivity index (χ4n) is 1.79. The van der Waals surface area contributed by atoms with Gasteiger partial charge in [0.1, 0.15) is 0 Å². The summed E-state index contributed by atoms with van der Waals surface area (Å²) < 4.78 is 27.4. The number of furan rings is 1. The van der Waals surface area contributed by atoms with Crippen LogP contribution < -0.4 is 5.32 Å². The van der Waals surface area contributed by atoms with Crippen molar-refractivity contribution >= 4 is 27.3 Å². The van der Waals surface area contributed by atoms with Gasteiger partial charge in [-0.15, -0.1) is 0 Å². The van der Waals surface area contributed by atoms with Gasteiger partial charge in [0.25, 0.3) is 5.91 Å². The first-order chi connectivity index (χ1) is 7.96. The van der Waals surface area contributed by atoms with Crippen molar-refractivity contribution < 1.29 is 17.6 Å². The van der Waals surface area contributed by atoms with E-state index in [0.717, 1.165) is 0 Å². The molecule has 1 aromatic rings. The van der Waals surface area contributed by atoms with Gasteiger partial charge < -0.3 is 9.73 Å². The molecule has 0 aromatic carbocycles. The van der Waals surface area contributed by atoms with Gasteiger partial charge in [-0.25, -0.2) is 8.42 Å². The summed E-state index contributed by atoms with van der Waals surface area (Å²) in [6.45, 7) is 0.344. The van der Waals surface area contributed by atoms with Crippen LogP contribution in [-0.4, -0.2) is 32.4 Å². The standard InChI is InChI=1S/C10H12ClNO4S/c11-9-2-1-8(16-9)10(13)12-5-7-3-4-17(14,15)6-7/h1-2,7H,3-6H2,(H,12,13)/t7-/m1/s1. The second-order valence-corrected chi connectivity index (χ2v) is 6.68. The molecule has 17 heavy (non-hydrogen) atoms. The summed E-state index contributed by atoms with van der Waals surface area (Å²) in [6.07, 6.45) is 0.599. The van der Waals surface area contributed by atoms with Gasteiger partial charge in [-0.1, -0.05) is 0 Å². The van der Waals surface area contributed by atoms with Crippen LogP contribution in [0.5, 0.6) is 0 Å².